The van der Waals surface area contributed by atoms with Crippen LogP contribution < -0.4 is 18.9 Å². The van der Waals surface area contributed by atoms with Gasteiger partial charge in [-0.2, -0.15) is 8.78 Å². The fourth-order valence-electron chi connectivity index (χ4n) is 2.95. The largest absolute Gasteiger partial charge is 0.495 e. The maximum absolute atomic E-state index is 12.8. The fraction of sp³-hybridized carbons (Fsp3) is 0.174. The zero-order valence-electron chi connectivity index (χ0n) is 18.2. The van der Waals surface area contributed by atoms with E-state index in [0.29, 0.717) is 11.3 Å². The van der Waals surface area contributed by atoms with E-state index in [9.17, 15) is 22.0 Å². The van der Waals surface area contributed by atoms with Gasteiger partial charge in [-0.05, 0) is 48.0 Å². The van der Waals surface area contributed by atoms with E-state index in [1.54, 1.807) is 24.3 Å². The van der Waals surface area contributed by atoms with Gasteiger partial charge in [0, 0.05) is 0 Å². The number of methoxy groups -OCH3 is 2. The lowest BCUT2D eigenvalue weighted by Gasteiger charge is -2.13. The standard InChI is InChI=1S/C23H21F2NO7S/c1-30-19-9-4-3-8-18(19)26-34(28,29)17-7-5-6-16(13-17)22(27)32-14-15-10-11-20(33-23(24)25)21(12-15)31-2/h3-13,23,26H,14H2,1-2H3. The molecule has 34 heavy (non-hydrogen) atoms. The molecule has 0 saturated heterocycles. The van der Waals surface area contributed by atoms with E-state index < -0.39 is 22.6 Å². The summed E-state index contributed by atoms with van der Waals surface area (Å²) in [6, 6.07) is 15.9. The smallest absolute Gasteiger partial charge is 0.387 e. The molecule has 3 aromatic rings. The minimum atomic E-state index is -4.02. The SMILES string of the molecule is COc1ccccc1NS(=O)(=O)c1cccc(C(=O)OCc2ccc(OC(F)F)c(OC)c2)c1. The van der Waals surface area contributed by atoms with Crippen LogP contribution in [0.3, 0.4) is 0 Å². The van der Waals surface area contributed by atoms with Gasteiger partial charge in [0.1, 0.15) is 12.4 Å². The molecule has 0 heterocycles. The van der Waals surface area contributed by atoms with E-state index in [1.165, 1.54) is 56.7 Å². The number of alkyl halides is 2. The van der Waals surface area contributed by atoms with Crippen LogP contribution >= 0.6 is 0 Å². The van der Waals surface area contributed by atoms with Crippen molar-refractivity contribution < 1.29 is 40.9 Å². The Balaban J connectivity index is 1.72. The number of rotatable bonds is 10. The number of para-hydroxylation sites is 2. The van der Waals surface area contributed by atoms with Gasteiger partial charge in [0.25, 0.3) is 10.0 Å². The van der Waals surface area contributed by atoms with Crippen molar-refractivity contribution in [2.24, 2.45) is 0 Å². The first-order chi connectivity index (χ1) is 16.2. The molecule has 180 valence electrons. The first kappa shape index (κ1) is 24.8. The summed E-state index contributed by atoms with van der Waals surface area (Å²) in [5.74, 6) is -0.555. The number of sulfonamides is 1. The van der Waals surface area contributed by atoms with Gasteiger partial charge >= 0.3 is 12.6 Å². The molecule has 0 aliphatic heterocycles. The Morgan fingerprint density at radius 3 is 2.35 bits per heavy atom. The summed E-state index contributed by atoms with van der Waals surface area (Å²) in [7, 11) is -1.32. The third-order valence-electron chi connectivity index (χ3n) is 4.55. The molecular formula is C23H21F2NO7S. The molecule has 0 fully saturated rings. The zero-order chi connectivity index (χ0) is 24.7. The molecule has 0 radical (unpaired) electrons. The molecule has 1 N–H and O–H groups in total. The summed E-state index contributed by atoms with van der Waals surface area (Å²) in [6.07, 6.45) is 0. The van der Waals surface area contributed by atoms with Gasteiger partial charge in [-0.15, -0.1) is 0 Å². The quantitative estimate of drug-likeness (QED) is 0.416. The number of hydrogen-bond donors (Lipinski definition) is 1. The van der Waals surface area contributed by atoms with Crippen LogP contribution in [0.25, 0.3) is 0 Å². The van der Waals surface area contributed by atoms with Gasteiger partial charge in [-0.3, -0.25) is 4.72 Å². The third kappa shape index (κ3) is 6.13. The topological polar surface area (TPSA) is 100 Å². The van der Waals surface area contributed by atoms with E-state index in [4.69, 9.17) is 14.2 Å². The normalized spacial score (nSPS) is 11.1. The Morgan fingerprint density at radius 1 is 0.912 bits per heavy atom. The van der Waals surface area contributed by atoms with E-state index in [1.807, 2.05) is 0 Å². The van der Waals surface area contributed by atoms with Crippen molar-refractivity contribution in [2.45, 2.75) is 18.1 Å². The number of halogens is 2. The minimum absolute atomic E-state index is 0.00696. The van der Waals surface area contributed by atoms with Crippen LogP contribution in [0.15, 0.2) is 71.6 Å². The highest BCUT2D eigenvalue weighted by Gasteiger charge is 2.19. The lowest BCUT2D eigenvalue weighted by Crippen LogP contribution is -2.15. The Kier molecular flexibility index (Phi) is 7.90. The van der Waals surface area contributed by atoms with Crippen LogP contribution in [-0.4, -0.2) is 35.2 Å². The fourth-order valence-corrected chi connectivity index (χ4v) is 4.07. The van der Waals surface area contributed by atoms with Crippen molar-refractivity contribution >= 4 is 21.7 Å². The molecule has 0 spiro atoms. The molecule has 0 aliphatic carbocycles. The number of esters is 1. The van der Waals surface area contributed by atoms with Crippen LogP contribution in [0.5, 0.6) is 17.2 Å². The number of nitrogens with one attached hydrogen (secondary N) is 1. The second kappa shape index (κ2) is 10.8. The van der Waals surface area contributed by atoms with Gasteiger partial charge in [0.15, 0.2) is 11.5 Å². The number of anilines is 1. The van der Waals surface area contributed by atoms with Crippen molar-refractivity contribution in [2.75, 3.05) is 18.9 Å². The zero-order valence-corrected chi connectivity index (χ0v) is 19.0. The summed E-state index contributed by atoms with van der Waals surface area (Å²) in [6.45, 7) is -3.22. The maximum Gasteiger partial charge on any atom is 0.387 e. The highest BCUT2D eigenvalue weighted by Crippen LogP contribution is 2.30. The minimum Gasteiger partial charge on any atom is -0.495 e. The molecule has 0 aliphatic rings. The summed E-state index contributed by atoms with van der Waals surface area (Å²) in [5, 5.41) is 0. The highest BCUT2D eigenvalue weighted by atomic mass is 32.2. The summed E-state index contributed by atoms with van der Waals surface area (Å²) in [5.41, 5.74) is 0.701. The Labute approximate surface area is 195 Å². The van der Waals surface area contributed by atoms with Gasteiger partial charge in [-0.25, -0.2) is 13.2 Å². The number of hydrogen-bond acceptors (Lipinski definition) is 7. The third-order valence-corrected chi connectivity index (χ3v) is 5.91. The van der Waals surface area contributed by atoms with Crippen molar-refractivity contribution in [3.63, 3.8) is 0 Å². The van der Waals surface area contributed by atoms with E-state index >= 15 is 0 Å². The molecule has 0 saturated carbocycles. The van der Waals surface area contributed by atoms with Crippen molar-refractivity contribution in [3.05, 3.63) is 77.9 Å². The van der Waals surface area contributed by atoms with Crippen molar-refractivity contribution in [1.29, 1.82) is 0 Å². The molecule has 11 heteroatoms. The summed E-state index contributed by atoms with van der Waals surface area (Å²) >= 11 is 0. The predicted molar refractivity (Wildman–Crippen MR) is 119 cm³/mol. The molecule has 0 aromatic heterocycles. The second-order valence-corrected chi connectivity index (χ2v) is 8.46. The van der Waals surface area contributed by atoms with Gasteiger partial charge in [0.05, 0.1) is 30.4 Å². The average Bonchev–Trinajstić information content (AvgIpc) is 2.83. The number of carbonyl (C=O) groups excluding carboxylic acids is 1. The molecule has 8 nitrogen and oxygen atoms in total. The highest BCUT2D eigenvalue weighted by molar-refractivity contribution is 7.92. The second-order valence-electron chi connectivity index (χ2n) is 6.77. The van der Waals surface area contributed by atoms with Gasteiger partial charge in [-0.1, -0.05) is 24.3 Å². The molecule has 0 amide bonds. The first-order valence-electron chi connectivity index (χ1n) is 9.78. The first-order valence-corrected chi connectivity index (χ1v) is 11.3. The molecule has 0 atom stereocenters. The molecule has 0 bridgehead atoms. The Bertz CT molecular complexity index is 1270. The summed E-state index contributed by atoms with van der Waals surface area (Å²) < 4.78 is 72.7. The molecule has 3 aromatic carbocycles. The Hall–Kier alpha value is -3.86. The van der Waals surface area contributed by atoms with Crippen LogP contribution in [0.4, 0.5) is 14.5 Å². The molecular weight excluding hydrogens is 472 g/mol. The lowest BCUT2D eigenvalue weighted by atomic mass is 10.2. The number of carbonyl (C=O) groups is 1. The number of benzene rings is 3. The predicted octanol–water partition coefficient (Wildman–Crippen LogP) is 4.46. The van der Waals surface area contributed by atoms with Crippen LogP contribution in [0.2, 0.25) is 0 Å². The van der Waals surface area contributed by atoms with Crippen molar-refractivity contribution in [3.8, 4) is 17.2 Å². The van der Waals surface area contributed by atoms with Gasteiger partial charge < -0.3 is 18.9 Å². The summed E-state index contributed by atoms with van der Waals surface area (Å²) in [4.78, 5) is 12.4. The monoisotopic (exact) mass is 493 g/mol. The molecule has 3 rings (SSSR count). The van der Waals surface area contributed by atoms with Crippen LogP contribution in [0, 0.1) is 0 Å². The van der Waals surface area contributed by atoms with Crippen molar-refractivity contribution in [1.82, 2.24) is 0 Å². The van der Waals surface area contributed by atoms with E-state index in [-0.39, 0.29) is 34.3 Å². The molecule has 0 unspecified atom stereocenters. The van der Waals surface area contributed by atoms with Crippen LogP contribution in [0.1, 0.15) is 15.9 Å². The van der Waals surface area contributed by atoms with Crippen LogP contribution in [-0.2, 0) is 21.4 Å². The lowest BCUT2D eigenvalue weighted by molar-refractivity contribution is -0.0512. The maximum atomic E-state index is 12.8. The average molecular weight is 493 g/mol. The van der Waals surface area contributed by atoms with E-state index in [0.717, 1.165) is 0 Å². The van der Waals surface area contributed by atoms with Gasteiger partial charge in [0.2, 0.25) is 0 Å². The Morgan fingerprint density at radius 2 is 1.65 bits per heavy atom. The number of ether oxygens (including phenoxy) is 4. The van der Waals surface area contributed by atoms with E-state index in [2.05, 4.69) is 9.46 Å².